The summed E-state index contributed by atoms with van der Waals surface area (Å²) in [6.07, 6.45) is 4.05. The summed E-state index contributed by atoms with van der Waals surface area (Å²) in [6, 6.07) is 6.90. The number of rotatable bonds is 6. The Kier molecular flexibility index (Phi) is 5.63. The van der Waals surface area contributed by atoms with Gasteiger partial charge in [0.2, 0.25) is 5.91 Å². The van der Waals surface area contributed by atoms with Gasteiger partial charge in [-0.05, 0) is 30.0 Å². The second kappa shape index (κ2) is 8.32. The molecule has 0 spiro atoms. The second-order valence-corrected chi connectivity index (χ2v) is 8.70. The minimum Gasteiger partial charge on any atom is -0.338 e. The predicted octanol–water partition coefficient (Wildman–Crippen LogP) is 1.95. The zero-order chi connectivity index (χ0) is 19.5. The van der Waals surface area contributed by atoms with Crippen molar-refractivity contribution in [1.29, 1.82) is 0 Å². The molecule has 9 heteroatoms. The first-order valence-electron chi connectivity index (χ1n) is 9.08. The highest BCUT2D eigenvalue weighted by atomic mass is 32.2. The Bertz CT molecular complexity index is 859. The van der Waals surface area contributed by atoms with E-state index < -0.39 is 6.04 Å². The molecular formula is C19H20N4O3S2. The molecule has 0 saturated carbocycles. The van der Waals surface area contributed by atoms with Crippen LogP contribution in [-0.2, 0) is 16.0 Å². The molecule has 0 unspecified atom stereocenters. The SMILES string of the molecule is O=C(CSc1ccncc1)N1CCN2C(=O)N(CCc3cccs3)C(=O)[C@@H]2C1. The van der Waals surface area contributed by atoms with Crippen molar-refractivity contribution in [2.45, 2.75) is 17.4 Å². The smallest absolute Gasteiger partial charge is 0.327 e. The summed E-state index contributed by atoms with van der Waals surface area (Å²) < 4.78 is 0. The van der Waals surface area contributed by atoms with Crippen LogP contribution in [0.5, 0.6) is 0 Å². The molecule has 7 nitrogen and oxygen atoms in total. The fourth-order valence-corrected chi connectivity index (χ4v) is 4.92. The molecule has 0 N–H and O–H groups in total. The molecule has 0 aliphatic carbocycles. The molecular weight excluding hydrogens is 396 g/mol. The number of hydrogen-bond donors (Lipinski definition) is 0. The molecule has 2 saturated heterocycles. The maximum atomic E-state index is 12.8. The average molecular weight is 417 g/mol. The lowest BCUT2D eigenvalue weighted by atomic mass is 10.2. The van der Waals surface area contributed by atoms with Gasteiger partial charge in [0.05, 0.1) is 12.3 Å². The van der Waals surface area contributed by atoms with Crippen molar-refractivity contribution < 1.29 is 14.4 Å². The van der Waals surface area contributed by atoms with Gasteiger partial charge in [-0.1, -0.05) is 6.07 Å². The van der Waals surface area contributed by atoms with E-state index in [1.807, 2.05) is 29.6 Å². The first-order valence-corrected chi connectivity index (χ1v) is 10.9. The average Bonchev–Trinajstić information content (AvgIpc) is 3.33. The maximum Gasteiger partial charge on any atom is 0.327 e. The molecule has 28 heavy (non-hydrogen) atoms. The van der Waals surface area contributed by atoms with Crippen molar-refractivity contribution in [1.82, 2.24) is 19.7 Å². The van der Waals surface area contributed by atoms with Crippen molar-refractivity contribution in [3.63, 3.8) is 0 Å². The van der Waals surface area contributed by atoms with Gasteiger partial charge >= 0.3 is 6.03 Å². The van der Waals surface area contributed by atoms with Crippen LogP contribution in [0.25, 0.3) is 0 Å². The molecule has 2 aromatic heterocycles. The third-order valence-corrected chi connectivity index (χ3v) is 6.87. The summed E-state index contributed by atoms with van der Waals surface area (Å²) in [5, 5.41) is 1.99. The number of piperazine rings is 1. The maximum absolute atomic E-state index is 12.8. The highest BCUT2D eigenvalue weighted by Crippen LogP contribution is 2.24. The van der Waals surface area contributed by atoms with Crippen LogP contribution in [0.3, 0.4) is 0 Å². The van der Waals surface area contributed by atoms with E-state index >= 15 is 0 Å². The van der Waals surface area contributed by atoms with Crippen LogP contribution in [-0.4, -0.2) is 75.5 Å². The van der Waals surface area contributed by atoms with Gasteiger partial charge in [-0.2, -0.15) is 0 Å². The Morgan fingerprint density at radius 1 is 1.21 bits per heavy atom. The van der Waals surface area contributed by atoms with Gasteiger partial charge in [0.1, 0.15) is 6.04 Å². The highest BCUT2D eigenvalue weighted by molar-refractivity contribution is 8.00. The summed E-state index contributed by atoms with van der Waals surface area (Å²) in [7, 11) is 0. The summed E-state index contributed by atoms with van der Waals surface area (Å²) in [6.45, 7) is 1.52. The Hall–Kier alpha value is -2.39. The lowest BCUT2D eigenvalue weighted by Gasteiger charge is -2.35. The third-order valence-electron chi connectivity index (χ3n) is 4.93. The molecule has 4 heterocycles. The molecule has 2 aliphatic rings. The van der Waals surface area contributed by atoms with E-state index in [1.54, 1.807) is 33.5 Å². The number of carbonyl (C=O) groups is 3. The number of imide groups is 1. The molecule has 146 valence electrons. The van der Waals surface area contributed by atoms with Gasteiger partial charge in [-0.25, -0.2) is 4.79 Å². The van der Waals surface area contributed by atoms with Crippen LogP contribution in [0.1, 0.15) is 4.88 Å². The zero-order valence-electron chi connectivity index (χ0n) is 15.2. The van der Waals surface area contributed by atoms with Gasteiger partial charge in [0.25, 0.3) is 5.91 Å². The summed E-state index contributed by atoms with van der Waals surface area (Å²) >= 11 is 3.07. The number of urea groups is 1. The van der Waals surface area contributed by atoms with Crippen molar-refractivity contribution in [2.75, 3.05) is 31.9 Å². The second-order valence-electron chi connectivity index (χ2n) is 6.62. The molecule has 2 aromatic rings. The van der Waals surface area contributed by atoms with E-state index in [2.05, 4.69) is 4.98 Å². The van der Waals surface area contributed by atoms with E-state index in [0.717, 1.165) is 9.77 Å². The fourth-order valence-electron chi connectivity index (χ4n) is 3.43. The van der Waals surface area contributed by atoms with Gasteiger partial charge < -0.3 is 9.80 Å². The number of aromatic nitrogens is 1. The number of amides is 4. The number of carbonyl (C=O) groups excluding carboxylic acids is 3. The minimum atomic E-state index is -0.556. The van der Waals surface area contributed by atoms with Crippen molar-refractivity contribution in [3.05, 3.63) is 46.9 Å². The van der Waals surface area contributed by atoms with Gasteiger partial charge in [-0.3, -0.25) is 19.5 Å². The summed E-state index contributed by atoms with van der Waals surface area (Å²) in [5.41, 5.74) is 0. The van der Waals surface area contributed by atoms with E-state index in [1.165, 1.54) is 16.7 Å². The van der Waals surface area contributed by atoms with Crippen LogP contribution in [0.15, 0.2) is 46.9 Å². The quantitative estimate of drug-likeness (QED) is 0.532. The lowest BCUT2D eigenvalue weighted by Crippen LogP contribution is -2.55. The Labute approximate surface area is 171 Å². The minimum absolute atomic E-state index is 0.0150. The Balaban J connectivity index is 1.34. The van der Waals surface area contributed by atoms with Crippen LogP contribution < -0.4 is 0 Å². The summed E-state index contributed by atoms with van der Waals surface area (Å²) in [5.74, 6) is 0.0978. The largest absolute Gasteiger partial charge is 0.338 e. The van der Waals surface area contributed by atoms with Crippen molar-refractivity contribution >= 4 is 40.9 Å². The molecule has 1 atom stereocenters. The number of pyridine rings is 1. The zero-order valence-corrected chi connectivity index (χ0v) is 16.8. The van der Waals surface area contributed by atoms with Crippen LogP contribution in [0.4, 0.5) is 4.79 Å². The Morgan fingerprint density at radius 2 is 2.04 bits per heavy atom. The molecule has 2 fully saturated rings. The Morgan fingerprint density at radius 3 is 2.79 bits per heavy atom. The van der Waals surface area contributed by atoms with E-state index in [9.17, 15) is 14.4 Å². The van der Waals surface area contributed by atoms with Gasteiger partial charge in [-0.15, -0.1) is 23.1 Å². The van der Waals surface area contributed by atoms with Gasteiger partial charge in [0.15, 0.2) is 0 Å². The molecule has 4 rings (SSSR count). The van der Waals surface area contributed by atoms with E-state index in [-0.39, 0.29) is 24.4 Å². The molecule has 0 radical (unpaired) electrons. The highest BCUT2D eigenvalue weighted by Gasteiger charge is 2.47. The topological polar surface area (TPSA) is 73.8 Å². The normalized spacial score (nSPS) is 19.3. The standard InChI is InChI=1S/C19H20N4O3S2/c24-17(13-28-15-3-6-20-7-4-15)21-9-10-22-16(12-21)18(25)23(19(22)26)8-5-14-2-1-11-27-14/h1-4,6-7,11,16H,5,8-10,12-13H2/t16-/m0/s1. The monoisotopic (exact) mass is 416 g/mol. The van der Waals surface area contributed by atoms with E-state index in [0.29, 0.717) is 31.8 Å². The number of thiophene rings is 1. The molecule has 0 bridgehead atoms. The van der Waals surface area contributed by atoms with Gasteiger partial charge in [0, 0.05) is 41.8 Å². The number of nitrogens with zero attached hydrogens (tertiary/aromatic N) is 4. The molecule has 0 aromatic carbocycles. The number of thioether (sulfide) groups is 1. The third kappa shape index (κ3) is 3.90. The number of fused-ring (bicyclic) bond motifs is 1. The molecule has 2 aliphatic heterocycles. The number of hydrogen-bond acceptors (Lipinski definition) is 6. The van der Waals surface area contributed by atoms with Crippen LogP contribution in [0.2, 0.25) is 0 Å². The molecule has 4 amide bonds. The first kappa shape index (κ1) is 18.9. The van der Waals surface area contributed by atoms with E-state index in [4.69, 9.17) is 0 Å². The van der Waals surface area contributed by atoms with Crippen molar-refractivity contribution in [3.8, 4) is 0 Å². The van der Waals surface area contributed by atoms with Crippen LogP contribution in [0, 0.1) is 0 Å². The fraction of sp³-hybridized carbons (Fsp3) is 0.368. The van der Waals surface area contributed by atoms with Crippen molar-refractivity contribution in [2.24, 2.45) is 0 Å². The lowest BCUT2D eigenvalue weighted by molar-refractivity contribution is -0.134. The first-order chi connectivity index (χ1) is 13.6. The van der Waals surface area contributed by atoms with Crippen LogP contribution >= 0.6 is 23.1 Å². The predicted molar refractivity (Wildman–Crippen MR) is 107 cm³/mol. The summed E-state index contributed by atoms with van der Waals surface area (Å²) in [4.78, 5) is 48.7.